The maximum absolute atomic E-state index is 12.7. The maximum Gasteiger partial charge on any atom is 0.276 e. The van der Waals surface area contributed by atoms with Gasteiger partial charge >= 0.3 is 0 Å². The highest BCUT2D eigenvalue weighted by molar-refractivity contribution is 6.04. The van der Waals surface area contributed by atoms with Crippen molar-refractivity contribution in [1.29, 1.82) is 0 Å². The van der Waals surface area contributed by atoms with Crippen LogP contribution in [0.1, 0.15) is 16.1 Å². The average molecular weight is 377 g/mol. The second-order valence-corrected chi connectivity index (χ2v) is 6.17. The summed E-state index contributed by atoms with van der Waals surface area (Å²) < 4.78 is 10.6. The molecule has 1 N–H and O–H groups in total. The van der Waals surface area contributed by atoms with Crippen LogP contribution < -0.4 is 19.7 Å². The molecule has 0 spiro atoms. The number of ether oxygens (including phenoxy) is 2. The van der Waals surface area contributed by atoms with E-state index in [1.807, 2.05) is 54.6 Å². The molecule has 0 aliphatic rings. The number of para-hydroxylation sites is 1. The minimum absolute atomic E-state index is 0.166. The Kier molecular flexibility index (Phi) is 6.11. The monoisotopic (exact) mass is 377 g/mol. The van der Waals surface area contributed by atoms with Crippen molar-refractivity contribution >= 4 is 17.3 Å². The fourth-order valence-electron chi connectivity index (χ4n) is 2.79. The van der Waals surface area contributed by atoms with Crippen molar-refractivity contribution in [2.24, 2.45) is 0 Å². The van der Waals surface area contributed by atoms with Gasteiger partial charge in [0.1, 0.15) is 5.69 Å². The van der Waals surface area contributed by atoms with E-state index in [0.717, 1.165) is 16.9 Å². The molecule has 0 saturated heterocycles. The molecule has 0 saturated carbocycles. The molecule has 6 heteroatoms. The van der Waals surface area contributed by atoms with Crippen molar-refractivity contribution in [3.05, 3.63) is 78.1 Å². The first-order valence-electron chi connectivity index (χ1n) is 8.86. The molecular formula is C22H23N3O3. The first kappa shape index (κ1) is 19.2. The van der Waals surface area contributed by atoms with Gasteiger partial charge in [-0.15, -0.1) is 0 Å². The van der Waals surface area contributed by atoms with Crippen LogP contribution in [0.15, 0.2) is 66.9 Å². The molecule has 0 bridgehead atoms. The summed E-state index contributed by atoms with van der Waals surface area (Å²) in [6, 6.07) is 18.8. The molecule has 0 atom stereocenters. The molecule has 0 unspecified atom stereocenters. The summed E-state index contributed by atoms with van der Waals surface area (Å²) in [5.74, 6) is 1.20. The van der Waals surface area contributed by atoms with Crippen LogP contribution in [0.2, 0.25) is 0 Å². The van der Waals surface area contributed by atoms with Gasteiger partial charge in [0.15, 0.2) is 11.5 Å². The highest BCUT2D eigenvalue weighted by atomic mass is 16.5. The van der Waals surface area contributed by atoms with E-state index in [9.17, 15) is 4.79 Å². The zero-order valence-electron chi connectivity index (χ0n) is 16.2. The number of pyridine rings is 1. The Labute approximate surface area is 164 Å². The second-order valence-electron chi connectivity index (χ2n) is 6.17. The normalized spacial score (nSPS) is 10.2. The summed E-state index contributed by atoms with van der Waals surface area (Å²) in [4.78, 5) is 18.5. The first-order chi connectivity index (χ1) is 13.6. The predicted octanol–water partition coefficient (Wildman–Crippen LogP) is 3.99. The van der Waals surface area contributed by atoms with Gasteiger partial charge in [0.2, 0.25) is 0 Å². The van der Waals surface area contributed by atoms with E-state index in [1.54, 1.807) is 38.4 Å². The lowest BCUT2D eigenvalue weighted by Crippen LogP contribution is -2.27. The third-order valence-electron chi connectivity index (χ3n) is 4.37. The van der Waals surface area contributed by atoms with Gasteiger partial charge < -0.3 is 19.7 Å². The van der Waals surface area contributed by atoms with Crippen LogP contribution in [-0.4, -0.2) is 32.2 Å². The molecule has 1 aromatic heterocycles. The van der Waals surface area contributed by atoms with Gasteiger partial charge in [-0.05, 0) is 42.0 Å². The minimum atomic E-state index is -0.166. The van der Waals surface area contributed by atoms with Crippen molar-refractivity contribution in [2.75, 3.05) is 31.5 Å². The molecular weight excluding hydrogens is 354 g/mol. The number of rotatable bonds is 7. The van der Waals surface area contributed by atoms with Crippen molar-refractivity contribution in [3.63, 3.8) is 0 Å². The number of nitrogens with zero attached hydrogens (tertiary/aromatic N) is 2. The maximum atomic E-state index is 12.7. The van der Waals surface area contributed by atoms with E-state index >= 15 is 0 Å². The molecule has 0 aliphatic carbocycles. The van der Waals surface area contributed by atoms with Crippen LogP contribution in [0.3, 0.4) is 0 Å². The Morgan fingerprint density at radius 3 is 2.46 bits per heavy atom. The number of carbonyl (C=O) groups is 1. The Balaban J connectivity index is 1.71. The van der Waals surface area contributed by atoms with Crippen LogP contribution in [0.4, 0.5) is 11.4 Å². The number of hydrogen-bond acceptors (Lipinski definition) is 5. The molecule has 3 aromatic rings. The third-order valence-corrected chi connectivity index (χ3v) is 4.37. The molecule has 2 aromatic carbocycles. The summed E-state index contributed by atoms with van der Waals surface area (Å²) in [6.45, 7) is 0.576. The third kappa shape index (κ3) is 4.40. The number of hydrogen-bond donors (Lipinski definition) is 1. The summed E-state index contributed by atoms with van der Waals surface area (Å²) >= 11 is 0. The number of carbonyl (C=O) groups excluding carboxylic acids is 1. The molecule has 0 radical (unpaired) electrons. The van der Waals surface area contributed by atoms with Crippen LogP contribution in [0, 0.1) is 0 Å². The predicted molar refractivity (Wildman–Crippen MR) is 110 cm³/mol. The Bertz CT molecular complexity index is 945. The van der Waals surface area contributed by atoms with E-state index < -0.39 is 0 Å². The number of anilines is 2. The van der Waals surface area contributed by atoms with E-state index in [2.05, 4.69) is 10.3 Å². The molecule has 144 valence electrons. The Hall–Kier alpha value is -3.54. The van der Waals surface area contributed by atoms with Crippen LogP contribution >= 0.6 is 0 Å². The number of amides is 1. The lowest BCUT2D eigenvalue weighted by Gasteiger charge is -2.17. The average Bonchev–Trinajstić information content (AvgIpc) is 2.77. The zero-order chi connectivity index (χ0) is 19.9. The Morgan fingerprint density at radius 1 is 1.00 bits per heavy atom. The molecule has 0 aliphatic heterocycles. The van der Waals surface area contributed by atoms with Gasteiger partial charge in [-0.25, -0.2) is 0 Å². The van der Waals surface area contributed by atoms with Gasteiger partial charge in [0, 0.05) is 31.2 Å². The highest BCUT2D eigenvalue weighted by Gasteiger charge is 2.15. The molecule has 0 fully saturated rings. The fourth-order valence-corrected chi connectivity index (χ4v) is 2.79. The van der Waals surface area contributed by atoms with E-state index in [1.165, 1.54) is 0 Å². The number of methoxy groups -OCH3 is 2. The molecule has 1 amide bonds. The van der Waals surface area contributed by atoms with E-state index in [4.69, 9.17) is 9.47 Å². The van der Waals surface area contributed by atoms with Gasteiger partial charge in [0.25, 0.3) is 5.91 Å². The second kappa shape index (κ2) is 8.90. The smallest absolute Gasteiger partial charge is 0.276 e. The number of benzene rings is 2. The quantitative estimate of drug-likeness (QED) is 0.675. The van der Waals surface area contributed by atoms with Crippen LogP contribution in [0.25, 0.3) is 0 Å². The van der Waals surface area contributed by atoms with Crippen LogP contribution in [-0.2, 0) is 6.54 Å². The van der Waals surface area contributed by atoms with Gasteiger partial charge in [0.05, 0.1) is 14.2 Å². The van der Waals surface area contributed by atoms with Gasteiger partial charge in [-0.2, -0.15) is 0 Å². The highest BCUT2D eigenvalue weighted by Crippen LogP contribution is 2.28. The lowest BCUT2D eigenvalue weighted by atomic mass is 10.2. The number of nitrogens with one attached hydrogen (secondary N) is 1. The minimum Gasteiger partial charge on any atom is -0.493 e. The van der Waals surface area contributed by atoms with Crippen molar-refractivity contribution in [3.8, 4) is 11.5 Å². The summed E-state index contributed by atoms with van der Waals surface area (Å²) in [6.07, 6.45) is 1.63. The molecule has 28 heavy (non-hydrogen) atoms. The standard InChI is InChI=1S/C22H23N3O3/c1-25(18-7-5-4-6-8-18)22(26)19-14-17(11-12-23-19)24-15-16-9-10-20(27-2)21(13-16)28-3/h4-14H,15H2,1-3H3,(H,23,24). The molecule has 1 heterocycles. The topological polar surface area (TPSA) is 63.7 Å². The van der Waals surface area contributed by atoms with Crippen LogP contribution in [0.5, 0.6) is 11.5 Å². The summed E-state index contributed by atoms with van der Waals surface area (Å²) in [5.41, 5.74) is 3.04. The fraction of sp³-hybridized carbons (Fsp3) is 0.182. The van der Waals surface area contributed by atoms with E-state index in [-0.39, 0.29) is 5.91 Å². The Morgan fingerprint density at radius 2 is 1.75 bits per heavy atom. The largest absolute Gasteiger partial charge is 0.493 e. The molecule has 6 nitrogen and oxygen atoms in total. The lowest BCUT2D eigenvalue weighted by molar-refractivity contribution is 0.0988. The summed E-state index contributed by atoms with van der Waals surface area (Å²) in [7, 11) is 4.96. The van der Waals surface area contributed by atoms with Crippen molar-refractivity contribution in [2.45, 2.75) is 6.54 Å². The first-order valence-corrected chi connectivity index (χ1v) is 8.86. The SMILES string of the molecule is COc1ccc(CNc2ccnc(C(=O)N(C)c3ccccc3)c2)cc1OC. The number of aromatic nitrogens is 1. The summed E-state index contributed by atoms with van der Waals surface area (Å²) in [5, 5.41) is 3.32. The van der Waals surface area contributed by atoms with Gasteiger partial charge in [-0.1, -0.05) is 24.3 Å². The molecule has 3 rings (SSSR count). The van der Waals surface area contributed by atoms with Gasteiger partial charge in [-0.3, -0.25) is 9.78 Å². The van der Waals surface area contributed by atoms with Crippen molar-refractivity contribution < 1.29 is 14.3 Å². The van der Waals surface area contributed by atoms with Crippen molar-refractivity contribution in [1.82, 2.24) is 4.98 Å². The zero-order valence-corrected chi connectivity index (χ0v) is 16.2. The van der Waals surface area contributed by atoms with E-state index in [0.29, 0.717) is 23.7 Å².